The van der Waals surface area contributed by atoms with E-state index in [-0.39, 0.29) is 24.4 Å². The number of esters is 2. The third kappa shape index (κ3) is 5.19. The van der Waals surface area contributed by atoms with Gasteiger partial charge < -0.3 is 14.8 Å². The van der Waals surface area contributed by atoms with Crippen molar-refractivity contribution in [1.29, 1.82) is 0 Å². The van der Waals surface area contributed by atoms with E-state index >= 15 is 0 Å². The number of hydrogen-bond donors (Lipinski definition) is 1. The highest BCUT2D eigenvalue weighted by Crippen LogP contribution is 1.94. The molecule has 13 heavy (non-hydrogen) atoms. The molecule has 0 radical (unpaired) electrons. The van der Waals surface area contributed by atoms with Crippen molar-refractivity contribution < 1.29 is 19.1 Å². The number of methoxy groups -OCH3 is 2. The van der Waals surface area contributed by atoms with Crippen LogP contribution in [0.4, 0.5) is 0 Å². The fourth-order valence-corrected chi connectivity index (χ4v) is 0.747. The van der Waals surface area contributed by atoms with Crippen LogP contribution in [0.15, 0.2) is 0 Å². The molecule has 0 bridgehead atoms. The van der Waals surface area contributed by atoms with Crippen LogP contribution in [-0.4, -0.2) is 39.2 Å². The van der Waals surface area contributed by atoms with Crippen molar-refractivity contribution in [3.63, 3.8) is 0 Å². The molecule has 0 aliphatic rings. The van der Waals surface area contributed by atoms with Crippen LogP contribution in [0.25, 0.3) is 0 Å². The Morgan fingerprint density at radius 3 is 2.38 bits per heavy atom. The molecular formula is C8H15NO4. The summed E-state index contributed by atoms with van der Waals surface area (Å²) in [5.74, 6) is -0.899. The lowest BCUT2D eigenvalue weighted by Gasteiger charge is -2.09. The maximum absolute atomic E-state index is 10.9. The summed E-state index contributed by atoms with van der Waals surface area (Å²) in [6.45, 7) is 2.23. The van der Waals surface area contributed by atoms with Crippen LogP contribution < -0.4 is 5.32 Å². The van der Waals surface area contributed by atoms with E-state index in [9.17, 15) is 9.59 Å². The molecule has 5 nitrogen and oxygen atoms in total. The molecule has 0 aliphatic carbocycles. The van der Waals surface area contributed by atoms with Gasteiger partial charge in [-0.1, -0.05) is 6.92 Å². The van der Waals surface area contributed by atoms with Gasteiger partial charge in [0.25, 0.3) is 0 Å². The summed E-state index contributed by atoms with van der Waals surface area (Å²) in [5.41, 5.74) is 0. The Hall–Kier alpha value is -1.10. The first-order valence-electron chi connectivity index (χ1n) is 3.97. The van der Waals surface area contributed by atoms with Gasteiger partial charge in [0.05, 0.1) is 26.7 Å². The van der Waals surface area contributed by atoms with E-state index in [0.29, 0.717) is 6.54 Å². The summed E-state index contributed by atoms with van der Waals surface area (Å²) in [7, 11) is 2.65. The van der Waals surface area contributed by atoms with E-state index in [1.54, 1.807) is 6.92 Å². The monoisotopic (exact) mass is 189 g/mol. The molecule has 0 spiro atoms. The Balaban J connectivity index is 3.53. The van der Waals surface area contributed by atoms with E-state index in [0.717, 1.165) is 0 Å². The zero-order chi connectivity index (χ0) is 10.3. The van der Waals surface area contributed by atoms with Gasteiger partial charge in [0.1, 0.15) is 0 Å². The SMILES string of the molecule is COC(=O)CNCC(C)C(=O)OC. The summed E-state index contributed by atoms with van der Waals surface area (Å²) >= 11 is 0. The summed E-state index contributed by atoms with van der Waals surface area (Å²) in [6.07, 6.45) is 0. The zero-order valence-electron chi connectivity index (χ0n) is 8.12. The molecule has 0 rings (SSSR count). The normalized spacial score (nSPS) is 11.9. The van der Waals surface area contributed by atoms with E-state index in [1.165, 1.54) is 14.2 Å². The van der Waals surface area contributed by atoms with Crippen LogP contribution in [0.5, 0.6) is 0 Å². The van der Waals surface area contributed by atoms with Crippen molar-refractivity contribution in [2.45, 2.75) is 6.92 Å². The number of ether oxygens (including phenoxy) is 2. The third-order valence-electron chi connectivity index (χ3n) is 1.55. The number of rotatable bonds is 5. The molecule has 0 amide bonds. The van der Waals surface area contributed by atoms with Crippen LogP contribution in [0.3, 0.4) is 0 Å². The molecule has 0 heterocycles. The smallest absolute Gasteiger partial charge is 0.319 e. The average Bonchev–Trinajstić information content (AvgIpc) is 2.15. The quantitative estimate of drug-likeness (QED) is 0.594. The van der Waals surface area contributed by atoms with Crippen LogP contribution in [0.1, 0.15) is 6.92 Å². The highest BCUT2D eigenvalue weighted by molar-refractivity contribution is 5.73. The standard InChI is InChI=1S/C8H15NO4/c1-6(8(11)13-3)4-9-5-7(10)12-2/h6,9H,4-5H2,1-3H3. The fraction of sp³-hybridized carbons (Fsp3) is 0.750. The molecule has 0 saturated carbocycles. The predicted molar refractivity (Wildman–Crippen MR) is 46.1 cm³/mol. The van der Waals surface area contributed by atoms with Crippen LogP contribution >= 0.6 is 0 Å². The molecule has 76 valence electrons. The van der Waals surface area contributed by atoms with Gasteiger partial charge in [0.15, 0.2) is 0 Å². The van der Waals surface area contributed by atoms with Gasteiger partial charge in [-0.25, -0.2) is 0 Å². The average molecular weight is 189 g/mol. The maximum atomic E-state index is 10.9. The minimum Gasteiger partial charge on any atom is -0.469 e. The number of carbonyl (C=O) groups excluding carboxylic acids is 2. The first kappa shape index (κ1) is 11.9. The Kier molecular flexibility index (Phi) is 5.88. The van der Waals surface area contributed by atoms with Crippen molar-refractivity contribution in [2.75, 3.05) is 27.3 Å². The Morgan fingerprint density at radius 2 is 1.92 bits per heavy atom. The molecule has 0 aliphatic heterocycles. The van der Waals surface area contributed by atoms with E-state index in [1.807, 2.05) is 0 Å². The third-order valence-corrected chi connectivity index (χ3v) is 1.55. The second kappa shape index (κ2) is 6.42. The summed E-state index contributed by atoms with van der Waals surface area (Å²) in [4.78, 5) is 21.5. The minimum atomic E-state index is -0.350. The summed E-state index contributed by atoms with van der Waals surface area (Å²) < 4.78 is 8.90. The largest absolute Gasteiger partial charge is 0.469 e. The lowest BCUT2D eigenvalue weighted by Crippen LogP contribution is -2.31. The van der Waals surface area contributed by atoms with Gasteiger partial charge in [-0.2, -0.15) is 0 Å². The summed E-state index contributed by atoms with van der Waals surface area (Å²) in [6, 6.07) is 0. The fourth-order valence-electron chi connectivity index (χ4n) is 0.747. The van der Waals surface area contributed by atoms with Gasteiger partial charge in [-0.3, -0.25) is 9.59 Å². The van der Waals surface area contributed by atoms with Crippen molar-refractivity contribution >= 4 is 11.9 Å². The second-order valence-corrected chi connectivity index (χ2v) is 2.63. The van der Waals surface area contributed by atoms with Gasteiger partial charge in [-0.05, 0) is 0 Å². The van der Waals surface area contributed by atoms with Gasteiger partial charge in [0, 0.05) is 6.54 Å². The Labute approximate surface area is 77.4 Å². The molecule has 0 aromatic carbocycles. The molecule has 5 heteroatoms. The lowest BCUT2D eigenvalue weighted by molar-refractivity contribution is -0.145. The minimum absolute atomic E-state index is 0.109. The number of nitrogens with one attached hydrogen (secondary N) is 1. The van der Waals surface area contributed by atoms with E-state index in [2.05, 4.69) is 14.8 Å². The molecule has 0 fully saturated rings. The lowest BCUT2D eigenvalue weighted by atomic mass is 10.2. The van der Waals surface area contributed by atoms with Crippen LogP contribution in [0, 0.1) is 5.92 Å². The van der Waals surface area contributed by atoms with Gasteiger partial charge >= 0.3 is 11.9 Å². The maximum Gasteiger partial charge on any atom is 0.319 e. The second-order valence-electron chi connectivity index (χ2n) is 2.63. The number of hydrogen-bond acceptors (Lipinski definition) is 5. The molecule has 0 saturated heterocycles. The van der Waals surface area contributed by atoms with Crippen molar-refractivity contribution in [2.24, 2.45) is 5.92 Å². The van der Waals surface area contributed by atoms with Crippen molar-refractivity contribution in [3.8, 4) is 0 Å². The van der Waals surface area contributed by atoms with Crippen molar-refractivity contribution in [3.05, 3.63) is 0 Å². The van der Waals surface area contributed by atoms with Gasteiger partial charge in [0.2, 0.25) is 0 Å². The molecule has 1 atom stereocenters. The highest BCUT2D eigenvalue weighted by atomic mass is 16.5. The van der Waals surface area contributed by atoms with Crippen LogP contribution in [0.2, 0.25) is 0 Å². The number of carbonyl (C=O) groups is 2. The Bertz CT molecular complexity index is 181. The molecule has 1 unspecified atom stereocenters. The molecule has 1 N–H and O–H groups in total. The van der Waals surface area contributed by atoms with E-state index < -0.39 is 0 Å². The summed E-state index contributed by atoms with van der Waals surface area (Å²) in [5, 5.41) is 2.78. The molecular weight excluding hydrogens is 174 g/mol. The first-order chi connectivity index (χ1) is 6.11. The Morgan fingerprint density at radius 1 is 1.31 bits per heavy atom. The van der Waals surface area contributed by atoms with Crippen molar-refractivity contribution in [1.82, 2.24) is 5.32 Å². The van der Waals surface area contributed by atoms with Gasteiger partial charge in [-0.15, -0.1) is 0 Å². The highest BCUT2D eigenvalue weighted by Gasteiger charge is 2.12. The molecule has 0 aromatic heterocycles. The zero-order valence-corrected chi connectivity index (χ0v) is 8.12. The van der Waals surface area contributed by atoms with Crippen LogP contribution in [-0.2, 0) is 19.1 Å². The topological polar surface area (TPSA) is 64.6 Å². The molecule has 0 aromatic rings. The van der Waals surface area contributed by atoms with E-state index in [4.69, 9.17) is 0 Å². The first-order valence-corrected chi connectivity index (χ1v) is 3.97. The predicted octanol–water partition coefficient (Wildman–Crippen LogP) is -0.442.